The molecule has 0 saturated heterocycles. The highest BCUT2D eigenvalue weighted by Crippen LogP contribution is 2.20. The SMILES string of the molecule is CCCCCN(C)c1cc(C)ccc1C#N. The van der Waals surface area contributed by atoms with Crippen LogP contribution >= 0.6 is 0 Å². The predicted molar refractivity (Wildman–Crippen MR) is 68.7 cm³/mol. The van der Waals surface area contributed by atoms with Gasteiger partial charge in [0.15, 0.2) is 0 Å². The van der Waals surface area contributed by atoms with Crippen molar-refractivity contribution >= 4 is 5.69 Å². The molecule has 0 saturated carbocycles. The molecule has 0 aliphatic rings. The Morgan fingerprint density at radius 2 is 2.06 bits per heavy atom. The molecule has 0 amide bonds. The van der Waals surface area contributed by atoms with E-state index in [0.29, 0.717) is 0 Å². The largest absolute Gasteiger partial charge is 0.374 e. The van der Waals surface area contributed by atoms with Crippen molar-refractivity contribution in [3.8, 4) is 6.07 Å². The molecule has 2 heteroatoms. The molecule has 0 aliphatic carbocycles. The van der Waals surface area contributed by atoms with Crippen molar-refractivity contribution in [3.05, 3.63) is 29.3 Å². The van der Waals surface area contributed by atoms with Gasteiger partial charge in [0.25, 0.3) is 0 Å². The smallest absolute Gasteiger partial charge is 0.101 e. The van der Waals surface area contributed by atoms with Crippen LogP contribution < -0.4 is 4.90 Å². The number of benzene rings is 1. The van der Waals surface area contributed by atoms with Gasteiger partial charge < -0.3 is 4.90 Å². The van der Waals surface area contributed by atoms with Gasteiger partial charge in [-0.05, 0) is 31.0 Å². The van der Waals surface area contributed by atoms with Crippen LogP contribution in [0.15, 0.2) is 18.2 Å². The first-order valence-electron chi connectivity index (χ1n) is 5.91. The van der Waals surface area contributed by atoms with E-state index in [1.54, 1.807) is 0 Å². The van der Waals surface area contributed by atoms with Crippen molar-refractivity contribution in [2.45, 2.75) is 33.1 Å². The van der Waals surface area contributed by atoms with Crippen molar-refractivity contribution < 1.29 is 0 Å². The Morgan fingerprint density at radius 1 is 1.31 bits per heavy atom. The zero-order valence-corrected chi connectivity index (χ0v) is 10.5. The Hall–Kier alpha value is -1.49. The van der Waals surface area contributed by atoms with Gasteiger partial charge in [-0.3, -0.25) is 0 Å². The maximum absolute atomic E-state index is 9.05. The summed E-state index contributed by atoms with van der Waals surface area (Å²) < 4.78 is 0. The maximum Gasteiger partial charge on any atom is 0.101 e. The second kappa shape index (κ2) is 6.17. The van der Waals surface area contributed by atoms with Crippen LogP contribution in [0.4, 0.5) is 5.69 Å². The van der Waals surface area contributed by atoms with Gasteiger partial charge in [0, 0.05) is 13.6 Å². The standard InChI is InChI=1S/C14H20N2/c1-4-5-6-9-16(3)14-10-12(2)7-8-13(14)11-15/h7-8,10H,4-6,9H2,1-3H3. The molecular weight excluding hydrogens is 196 g/mol. The van der Waals surface area contributed by atoms with E-state index in [-0.39, 0.29) is 0 Å². The molecule has 0 bridgehead atoms. The Bertz CT molecular complexity index is 377. The molecule has 0 heterocycles. The highest BCUT2D eigenvalue weighted by Gasteiger charge is 2.06. The minimum atomic E-state index is 0.768. The van der Waals surface area contributed by atoms with Gasteiger partial charge in [0.1, 0.15) is 6.07 Å². The number of nitriles is 1. The van der Waals surface area contributed by atoms with E-state index in [0.717, 1.165) is 17.8 Å². The molecule has 0 unspecified atom stereocenters. The molecule has 86 valence electrons. The van der Waals surface area contributed by atoms with E-state index in [1.807, 2.05) is 12.1 Å². The Morgan fingerprint density at radius 3 is 2.69 bits per heavy atom. The fraction of sp³-hybridized carbons (Fsp3) is 0.500. The van der Waals surface area contributed by atoms with Crippen molar-refractivity contribution in [3.63, 3.8) is 0 Å². The van der Waals surface area contributed by atoms with E-state index < -0.39 is 0 Å². The van der Waals surface area contributed by atoms with E-state index in [1.165, 1.54) is 24.8 Å². The topological polar surface area (TPSA) is 27.0 Å². The number of hydrogen-bond donors (Lipinski definition) is 0. The molecule has 0 radical (unpaired) electrons. The Balaban J connectivity index is 2.77. The number of aryl methyl sites for hydroxylation is 1. The van der Waals surface area contributed by atoms with Crippen LogP contribution in [0, 0.1) is 18.3 Å². The summed E-state index contributed by atoms with van der Waals surface area (Å²) in [7, 11) is 2.06. The number of unbranched alkanes of at least 4 members (excludes halogenated alkanes) is 2. The van der Waals surface area contributed by atoms with Gasteiger partial charge >= 0.3 is 0 Å². The van der Waals surface area contributed by atoms with Gasteiger partial charge in [-0.15, -0.1) is 0 Å². The van der Waals surface area contributed by atoms with Gasteiger partial charge in [0.05, 0.1) is 11.3 Å². The van der Waals surface area contributed by atoms with Gasteiger partial charge in [-0.1, -0.05) is 25.8 Å². The van der Waals surface area contributed by atoms with Crippen LogP contribution in [0.25, 0.3) is 0 Å². The third-order valence-corrected chi connectivity index (χ3v) is 2.78. The molecule has 0 spiro atoms. The molecule has 0 aliphatic heterocycles. The van der Waals surface area contributed by atoms with Gasteiger partial charge in [-0.2, -0.15) is 5.26 Å². The van der Waals surface area contributed by atoms with Crippen LogP contribution in [0.1, 0.15) is 37.3 Å². The monoisotopic (exact) mass is 216 g/mol. The van der Waals surface area contributed by atoms with E-state index in [4.69, 9.17) is 5.26 Å². The lowest BCUT2D eigenvalue weighted by Gasteiger charge is -2.20. The summed E-state index contributed by atoms with van der Waals surface area (Å²) in [6.45, 7) is 5.28. The Kier molecular flexibility index (Phi) is 4.85. The summed E-state index contributed by atoms with van der Waals surface area (Å²) in [5.41, 5.74) is 3.03. The van der Waals surface area contributed by atoms with Crippen LogP contribution in [0.5, 0.6) is 0 Å². The molecule has 0 atom stereocenters. The summed E-state index contributed by atoms with van der Waals surface area (Å²) in [6.07, 6.45) is 3.66. The number of hydrogen-bond acceptors (Lipinski definition) is 2. The van der Waals surface area contributed by atoms with E-state index in [2.05, 4.69) is 37.9 Å². The highest BCUT2D eigenvalue weighted by atomic mass is 15.1. The summed E-state index contributed by atoms with van der Waals surface area (Å²) in [5.74, 6) is 0. The summed E-state index contributed by atoms with van der Waals surface area (Å²) >= 11 is 0. The minimum Gasteiger partial charge on any atom is -0.374 e. The first-order chi connectivity index (χ1) is 7.69. The number of anilines is 1. The average molecular weight is 216 g/mol. The molecule has 1 aromatic rings. The lowest BCUT2D eigenvalue weighted by molar-refractivity contribution is 0.705. The maximum atomic E-state index is 9.05. The molecule has 0 N–H and O–H groups in total. The third kappa shape index (κ3) is 3.27. The average Bonchev–Trinajstić information content (AvgIpc) is 2.29. The van der Waals surface area contributed by atoms with Crippen molar-refractivity contribution in [2.24, 2.45) is 0 Å². The molecular formula is C14H20N2. The number of rotatable bonds is 5. The summed E-state index contributed by atoms with van der Waals surface area (Å²) in [5, 5.41) is 9.05. The zero-order valence-electron chi connectivity index (χ0n) is 10.5. The first-order valence-corrected chi connectivity index (χ1v) is 5.91. The van der Waals surface area contributed by atoms with E-state index in [9.17, 15) is 0 Å². The third-order valence-electron chi connectivity index (χ3n) is 2.78. The first kappa shape index (κ1) is 12.6. The van der Waals surface area contributed by atoms with Crippen molar-refractivity contribution in [1.82, 2.24) is 0 Å². The van der Waals surface area contributed by atoms with Crippen molar-refractivity contribution in [1.29, 1.82) is 5.26 Å². The molecule has 0 aromatic heterocycles. The zero-order chi connectivity index (χ0) is 12.0. The second-order valence-corrected chi connectivity index (χ2v) is 4.26. The lowest BCUT2D eigenvalue weighted by Crippen LogP contribution is -2.19. The highest BCUT2D eigenvalue weighted by molar-refractivity contribution is 5.60. The van der Waals surface area contributed by atoms with Gasteiger partial charge in [0.2, 0.25) is 0 Å². The van der Waals surface area contributed by atoms with E-state index >= 15 is 0 Å². The normalized spacial score (nSPS) is 9.88. The fourth-order valence-electron chi connectivity index (χ4n) is 1.77. The molecule has 16 heavy (non-hydrogen) atoms. The quantitative estimate of drug-likeness (QED) is 0.704. The Labute approximate surface area is 98.5 Å². The van der Waals surface area contributed by atoms with Crippen LogP contribution in [0.3, 0.4) is 0 Å². The molecule has 1 rings (SSSR count). The minimum absolute atomic E-state index is 0.768. The number of nitrogens with zero attached hydrogens (tertiary/aromatic N) is 2. The van der Waals surface area contributed by atoms with Crippen LogP contribution in [-0.4, -0.2) is 13.6 Å². The summed E-state index contributed by atoms with van der Waals surface area (Å²) in [4.78, 5) is 2.18. The lowest BCUT2D eigenvalue weighted by atomic mass is 10.1. The fourth-order valence-corrected chi connectivity index (χ4v) is 1.77. The van der Waals surface area contributed by atoms with Crippen molar-refractivity contribution in [2.75, 3.05) is 18.5 Å². The van der Waals surface area contributed by atoms with Gasteiger partial charge in [-0.25, -0.2) is 0 Å². The summed E-state index contributed by atoms with van der Waals surface area (Å²) in [6, 6.07) is 8.23. The van der Waals surface area contributed by atoms with Crippen LogP contribution in [-0.2, 0) is 0 Å². The molecule has 1 aromatic carbocycles. The molecule has 0 fully saturated rings. The van der Waals surface area contributed by atoms with Crippen LogP contribution in [0.2, 0.25) is 0 Å². The molecule has 2 nitrogen and oxygen atoms in total. The second-order valence-electron chi connectivity index (χ2n) is 4.26. The predicted octanol–water partition coefficient (Wildman–Crippen LogP) is 3.49.